The Labute approximate surface area is 185 Å². The fourth-order valence-electron chi connectivity index (χ4n) is 4.98. The Morgan fingerprint density at radius 3 is 2.26 bits per heavy atom. The van der Waals surface area contributed by atoms with Gasteiger partial charge in [-0.1, -0.05) is 50.1 Å². The van der Waals surface area contributed by atoms with E-state index < -0.39 is 10.0 Å². The number of nitrogens with one attached hydrogen (secondary N) is 1. The second kappa shape index (κ2) is 8.65. The predicted octanol–water partition coefficient (Wildman–Crippen LogP) is 4.62. The maximum absolute atomic E-state index is 13.5. The fraction of sp³-hybridized carbons (Fsp3) is 0.480. The summed E-state index contributed by atoms with van der Waals surface area (Å²) in [5, 5.41) is 3.13. The van der Waals surface area contributed by atoms with Gasteiger partial charge in [-0.2, -0.15) is 0 Å². The van der Waals surface area contributed by atoms with E-state index in [1.807, 2.05) is 19.1 Å². The van der Waals surface area contributed by atoms with Gasteiger partial charge in [0, 0.05) is 6.04 Å². The van der Waals surface area contributed by atoms with Crippen LogP contribution in [0.25, 0.3) is 0 Å². The van der Waals surface area contributed by atoms with E-state index in [9.17, 15) is 13.2 Å². The van der Waals surface area contributed by atoms with Crippen molar-refractivity contribution in [3.05, 3.63) is 59.7 Å². The van der Waals surface area contributed by atoms with Crippen LogP contribution in [-0.4, -0.2) is 26.9 Å². The van der Waals surface area contributed by atoms with E-state index in [0.717, 1.165) is 24.0 Å². The first-order valence-electron chi connectivity index (χ1n) is 11.2. The molecule has 0 spiro atoms. The zero-order chi connectivity index (χ0) is 22.2. The molecule has 5 nitrogen and oxygen atoms in total. The van der Waals surface area contributed by atoms with Crippen LogP contribution in [0.15, 0.2) is 53.4 Å². The Hall–Kier alpha value is -2.34. The molecule has 6 heteroatoms. The minimum Gasteiger partial charge on any atom is -0.352 e. The van der Waals surface area contributed by atoms with Crippen LogP contribution in [0.1, 0.15) is 56.6 Å². The average Bonchev–Trinajstić information content (AvgIpc) is 3.35. The van der Waals surface area contributed by atoms with Crippen molar-refractivity contribution < 1.29 is 13.2 Å². The first-order chi connectivity index (χ1) is 14.7. The molecule has 2 aliphatic carbocycles. The number of carbonyl (C=O) groups is 1. The summed E-state index contributed by atoms with van der Waals surface area (Å²) in [6.45, 7) is 5.89. The molecule has 4 rings (SSSR count). The zero-order valence-corrected chi connectivity index (χ0v) is 19.4. The number of amides is 1. The minimum atomic E-state index is -3.87. The third-order valence-electron chi connectivity index (χ3n) is 6.83. The van der Waals surface area contributed by atoms with E-state index in [0.29, 0.717) is 23.4 Å². The van der Waals surface area contributed by atoms with Gasteiger partial charge in [0.25, 0.3) is 10.0 Å². The quantitative estimate of drug-likeness (QED) is 0.683. The number of sulfonamides is 1. The highest BCUT2D eigenvalue weighted by atomic mass is 32.2. The predicted molar refractivity (Wildman–Crippen MR) is 124 cm³/mol. The molecule has 1 N–H and O–H groups in total. The summed E-state index contributed by atoms with van der Waals surface area (Å²) in [5.74, 6) is 1.37. The van der Waals surface area contributed by atoms with E-state index in [1.165, 1.54) is 17.1 Å². The van der Waals surface area contributed by atoms with Gasteiger partial charge in [0.05, 0.1) is 10.6 Å². The molecular weight excluding hydrogens is 408 g/mol. The van der Waals surface area contributed by atoms with Crippen molar-refractivity contribution in [3.8, 4) is 0 Å². The fourth-order valence-corrected chi connectivity index (χ4v) is 6.40. The molecular formula is C25H32N2O3S. The van der Waals surface area contributed by atoms with E-state index in [2.05, 4.69) is 19.2 Å². The lowest BCUT2D eigenvalue weighted by Gasteiger charge is -2.27. The number of hydrogen-bond donors (Lipinski definition) is 1. The smallest absolute Gasteiger partial charge is 0.264 e. The number of carbonyl (C=O) groups excluding carboxylic acids is 1. The Morgan fingerprint density at radius 2 is 1.71 bits per heavy atom. The summed E-state index contributed by atoms with van der Waals surface area (Å²) in [6.07, 6.45) is 4.63. The molecule has 0 heterocycles. The summed E-state index contributed by atoms with van der Waals surface area (Å²) < 4.78 is 28.3. The number of rotatable bonds is 7. The molecule has 2 aromatic carbocycles. The van der Waals surface area contributed by atoms with Crippen LogP contribution in [0.4, 0.5) is 5.69 Å². The van der Waals surface area contributed by atoms with Gasteiger partial charge >= 0.3 is 0 Å². The normalized spacial score (nSPS) is 22.6. The van der Waals surface area contributed by atoms with Crippen LogP contribution in [-0.2, 0) is 14.8 Å². The summed E-state index contributed by atoms with van der Waals surface area (Å²) in [5.41, 5.74) is 2.62. The summed E-state index contributed by atoms with van der Waals surface area (Å²) >= 11 is 0. The average molecular weight is 441 g/mol. The van der Waals surface area contributed by atoms with Crippen LogP contribution >= 0.6 is 0 Å². The van der Waals surface area contributed by atoms with E-state index in [1.54, 1.807) is 36.4 Å². The SMILES string of the molecule is Cc1ccc(S(=O)(=O)N(CC(=O)N[C@@H]2C[C@@H]3CC[C@@H]2C3)c2ccc(C(C)C)cc2)cc1. The van der Waals surface area contributed by atoms with Crippen molar-refractivity contribution in [1.82, 2.24) is 5.32 Å². The van der Waals surface area contributed by atoms with Crippen LogP contribution in [0, 0.1) is 18.8 Å². The summed E-state index contributed by atoms with van der Waals surface area (Å²) in [7, 11) is -3.87. The minimum absolute atomic E-state index is 0.179. The van der Waals surface area contributed by atoms with Crippen LogP contribution < -0.4 is 9.62 Å². The van der Waals surface area contributed by atoms with E-state index in [-0.39, 0.29) is 23.4 Å². The van der Waals surface area contributed by atoms with Crippen LogP contribution in [0.2, 0.25) is 0 Å². The monoisotopic (exact) mass is 440 g/mol. The lowest BCUT2D eigenvalue weighted by Crippen LogP contribution is -2.46. The first-order valence-corrected chi connectivity index (χ1v) is 12.7. The molecule has 3 atom stereocenters. The summed E-state index contributed by atoms with van der Waals surface area (Å²) in [4.78, 5) is 13.1. The molecule has 2 aromatic rings. The third kappa shape index (κ3) is 4.64. The van der Waals surface area contributed by atoms with Gasteiger partial charge in [-0.25, -0.2) is 8.42 Å². The van der Waals surface area contributed by atoms with E-state index in [4.69, 9.17) is 0 Å². The molecule has 31 heavy (non-hydrogen) atoms. The number of hydrogen-bond acceptors (Lipinski definition) is 3. The molecule has 2 fully saturated rings. The maximum atomic E-state index is 13.5. The van der Waals surface area contributed by atoms with Gasteiger partial charge in [-0.15, -0.1) is 0 Å². The second-order valence-corrected chi connectivity index (χ2v) is 11.3. The lowest BCUT2D eigenvalue weighted by molar-refractivity contribution is -0.120. The van der Waals surface area contributed by atoms with Crippen LogP contribution in [0.3, 0.4) is 0 Å². The Morgan fingerprint density at radius 1 is 1.03 bits per heavy atom. The van der Waals surface area contributed by atoms with Gasteiger partial charge in [0.1, 0.15) is 6.54 Å². The van der Waals surface area contributed by atoms with Crippen molar-refractivity contribution in [2.24, 2.45) is 11.8 Å². The van der Waals surface area contributed by atoms with Crippen molar-refractivity contribution in [1.29, 1.82) is 0 Å². The highest BCUT2D eigenvalue weighted by Gasteiger charge is 2.40. The molecule has 0 unspecified atom stereocenters. The lowest BCUT2D eigenvalue weighted by atomic mass is 9.95. The highest BCUT2D eigenvalue weighted by Crippen LogP contribution is 2.44. The molecule has 0 radical (unpaired) electrons. The number of nitrogens with zero attached hydrogens (tertiary/aromatic N) is 1. The molecule has 166 valence electrons. The molecule has 0 aliphatic heterocycles. The van der Waals surface area contributed by atoms with Gasteiger partial charge < -0.3 is 5.32 Å². The van der Waals surface area contributed by atoms with Crippen molar-refractivity contribution >= 4 is 21.6 Å². The number of benzene rings is 2. The van der Waals surface area contributed by atoms with Crippen molar-refractivity contribution in [2.75, 3.05) is 10.8 Å². The van der Waals surface area contributed by atoms with Crippen molar-refractivity contribution in [2.45, 2.75) is 63.3 Å². The topological polar surface area (TPSA) is 66.5 Å². The van der Waals surface area contributed by atoms with Gasteiger partial charge in [0.2, 0.25) is 5.91 Å². The third-order valence-corrected chi connectivity index (χ3v) is 8.62. The van der Waals surface area contributed by atoms with Crippen molar-refractivity contribution in [3.63, 3.8) is 0 Å². The van der Waals surface area contributed by atoms with E-state index >= 15 is 0 Å². The first kappa shape index (κ1) is 21.9. The van der Waals surface area contributed by atoms with Gasteiger partial charge in [0.15, 0.2) is 0 Å². The number of fused-ring (bicyclic) bond motifs is 2. The van der Waals surface area contributed by atoms with Crippen LogP contribution in [0.5, 0.6) is 0 Å². The molecule has 2 saturated carbocycles. The van der Waals surface area contributed by atoms with Gasteiger partial charge in [-0.3, -0.25) is 9.10 Å². The summed E-state index contributed by atoms with van der Waals surface area (Å²) in [6, 6.07) is 14.4. The highest BCUT2D eigenvalue weighted by molar-refractivity contribution is 7.92. The molecule has 2 bridgehead atoms. The molecule has 2 aliphatic rings. The number of aryl methyl sites for hydroxylation is 1. The van der Waals surface area contributed by atoms with Gasteiger partial charge in [-0.05, 0) is 73.8 Å². The molecule has 0 aromatic heterocycles. The molecule has 0 saturated heterocycles. The zero-order valence-electron chi connectivity index (χ0n) is 18.5. The number of anilines is 1. The largest absolute Gasteiger partial charge is 0.352 e. The molecule has 1 amide bonds. The Balaban J connectivity index is 1.60. The standard InChI is InChI=1S/C25H32N2O3S/c1-17(2)20-8-10-22(11-9-20)27(31(29,30)23-12-4-18(3)5-13-23)16-25(28)26-24-15-19-6-7-21(24)14-19/h4-5,8-13,17,19,21,24H,6-7,14-16H2,1-3H3,(H,26,28)/t19-,21-,24-/m1/s1. The Kier molecular flexibility index (Phi) is 6.11. The Bertz CT molecular complexity index is 1030. The maximum Gasteiger partial charge on any atom is 0.264 e. The second-order valence-electron chi connectivity index (χ2n) is 9.42.